The second-order valence-electron chi connectivity index (χ2n) is 30.1. The number of nitrogens with zero attached hydrogens (tertiary/aromatic N) is 1. The predicted octanol–water partition coefficient (Wildman–Crippen LogP) is 32.8. The van der Waals surface area contributed by atoms with Crippen molar-refractivity contribution in [2.75, 3.05) is 4.90 Å². The Morgan fingerprint density at radius 1 is 0.111 bits per heavy atom. The summed E-state index contributed by atoms with van der Waals surface area (Å²) in [5.41, 5.74) is 25.7. The Hall–Kier alpha value is -15.3. The van der Waals surface area contributed by atoms with Crippen molar-refractivity contribution in [3.63, 3.8) is 0 Å². The van der Waals surface area contributed by atoms with Crippen molar-refractivity contribution >= 4 is 103 Å². The zero-order valence-electron chi connectivity index (χ0n) is 64.6. The van der Waals surface area contributed by atoms with Crippen molar-refractivity contribution in [3.8, 4) is 100 Å². The Kier molecular flexibility index (Phi) is 19.2. The van der Waals surface area contributed by atoms with Gasteiger partial charge in [-0.25, -0.2) is 0 Å². The molecule has 117 heavy (non-hydrogen) atoms. The third-order valence-electron chi connectivity index (χ3n) is 23.2. The Morgan fingerprint density at radius 2 is 0.316 bits per heavy atom. The van der Waals surface area contributed by atoms with Gasteiger partial charge in [-0.3, -0.25) is 0 Å². The van der Waals surface area contributed by atoms with Gasteiger partial charge in [0.25, 0.3) is 0 Å². The van der Waals surface area contributed by atoms with E-state index in [-0.39, 0.29) is 0 Å². The molecule has 0 atom stereocenters. The minimum atomic E-state index is 1.12. The van der Waals surface area contributed by atoms with Crippen LogP contribution < -0.4 is 4.90 Å². The summed E-state index contributed by atoms with van der Waals surface area (Å²) in [4.78, 5) is 2.32. The summed E-state index contributed by atoms with van der Waals surface area (Å²) in [6, 6.07) is 173. The summed E-state index contributed by atoms with van der Waals surface area (Å²) < 4.78 is 0. The second kappa shape index (κ2) is 31.7. The number of fused-ring (bicyclic) bond motifs is 14. The molecule has 0 bridgehead atoms. The smallest absolute Gasteiger partial charge is 0.0462 e. The van der Waals surface area contributed by atoms with Crippen LogP contribution in [0.25, 0.3) is 186 Å². The molecule has 1 nitrogen and oxygen atoms in total. The fraction of sp³-hybridized carbons (Fsp3) is 0. The Bertz CT molecular complexity index is 7030. The molecule has 0 saturated carbocycles. The maximum absolute atomic E-state index is 2.45. The topological polar surface area (TPSA) is 3.24 Å². The normalized spacial score (nSPS) is 11.2. The van der Waals surface area contributed by atoms with Crippen molar-refractivity contribution < 1.29 is 0 Å². The van der Waals surface area contributed by atoms with Crippen molar-refractivity contribution in [1.82, 2.24) is 0 Å². The molecular formula is C116H79N. The molecule has 22 aromatic rings. The highest BCUT2D eigenvalue weighted by Gasteiger charge is 2.22. The molecular weight excluding hydrogens is 1410 g/mol. The van der Waals surface area contributed by atoms with E-state index in [1.807, 2.05) is 0 Å². The van der Waals surface area contributed by atoms with Gasteiger partial charge in [0, 0.05) is 17.1 Å². The predicted molar refractivity (Wildman–Crippen MR) is 503 cm³/mol. The number of benzene rings is 22. The van der Waals surface area contributed by atoms with Gasteiger partial charge in [0.2, 0.25) is 0 Å². The molecule has 22 aromatic carbocycles. The summed E-state index contributed by atoms with van der Waals surface area (Å²) in [7, 11) is 0. The van der Waals surface area contributed by atoms with Crippen LogP contribution in [0.15, 0.2) is 479 Å². The molecule has 0 aliphatic carbocycles. The highest BCUT2D eigenvalue weighted by molar-refractivity contribution is 6.31. The van der Waals surface area contributed by atoms with Crippen LogP contribution in [-0.4, -0.2) is 0 Å². The van der Waals surface area contributed by atoms with E-state index >= 15 is 0 Å². The molecule has 548 valence electrons. The van der Waals surface area contributed by atoms with Crippen molar-refractivity contribution in [3.05, 3.63) is 479 Å². The van der Waals surface area contributed by atoms with Crippen LogP contribution in [0.4, 0.5) is 17.1 Å². The summed E-state index contributed by atoms with van der Waals surface area (Å²) >= 11 is 0. The van der Waals surface area contributed by atoms with Gasteiger partial charge in [-0.1, -0.05) is 425 Å². The first-order valence-electron chi connectivity index (χ1n) is 40.3. The summed E-state index contributed by atoms with van der Waals surface area (Å²) in [5.74, 6) is 0. The molecule has 0 aliphatic heterocycles. The first-order chi connectivity index (χ1) is 58.1. The fourth-order valence-corrected chi connectivity index (χ4v) is 17.6. The first kappa shape index (κ1) is 70.8. The third kappa shape index (κ3) is 13.9. The maximum Gasteiger partial charge on any atom is 0.0462 e. The third-order valence-corrected chi connectivity index (χ3v) is 23.2. The molecule has 0 unspecified atom stereocenters. The van der Waals surface area contributed by atoms with Crippen LogP contribution in [0.1, 0.15) is 0 Å². The van der Waals surface area contributed by atoms with Crippen LogP contribution in [0, 0.1) is 0 Å². The lowest BCUT2D eigenvalue weighted by Crippen LogP contribution is -2.09. The molecule has 0 spiro atoms. The van der Waals surface area contributed by atoms with E-state index in [0.29, 0.717) is 0 Å². The van der Waals surface area contributed by atoms with Crippen molar-refractivity contribution in [2.24, 2.45) is 0 Å². The lowest BCUT2D eigenvalue weighted by atomic mass is 9.83. The molecule has 0 fully saturated rings. The van der Waals surface area contributed by atoms with E-state index in [4.69, 9.17) is 0 Å². The molecule has 1 heteroatoms. The Balaban J connectivity index is 0.000000114. The maximum atomic E-state index is 2.45. The summed E-state index contributed by atoms with van der Waals surface area (Å²) in [6.45, 7) is 0. The molecule has 0 N–H and O–H groups in total. The molecule has 22 rings (SSSR count). The number of rotatable bonds is 12. The molecule has 0 aliphatic rings. The zero-order chi connectivity index (χ0) is 77.8. The van der Waals surface area contributed by atoms with E-state index in [0.717, 1.165) is 17.1 Å². The van der Waals surface area contributed by atoms with Crippen LogP contribution in [0.5, 0.6) is 0 Å². The Labute approximate surface area is 682 Å². The van der Waals surface area contributed by atoms with Crippen LogP contribution in [-0.2, 0) is 0 Å². The quantitative estimate of drug-likeness (QED) is 0.0870. The van der Waals surface area contributed by atoms with Crippen molar-refractivity contribution in [2.45, 2.75) is 0 Å². The molecule has 0 radical (unpaired) electrons. The van der Waals surface area contributed by atoms with Gasteiger partial charge in [-0.2, -0.15) is 0 Å². The van der Waals surface area contributed by atoms with Crippen LogP contribution in [0.3, 0.4) is 0 Å². The van der Waals surface area contributed by atoms with Gasteiger partial charge in [0.05, 0.1) is 0 Å². The summed E-state index contributed by atoms with van der Waals surface area (Å²) in [5, 5.41) is 20.7. The van der Waals surface area contributed by atoms with E-state index < -0.39 is 0 Å². The Morgan fingerprint density at radius 3 is 0.650 bits per heavy atom. The van der Waals surface area contributed by atoms with Gasteiger partial charge in [0.1, 0.15) is 0 Å². The van der Waals surface area contributed by atoms with Gasteiger partial charge in [0.15, 0.2) is 0 Å². The molecule has 0 saturated heterocycles. The van der Waals surface area contributed by atoms with E-state index in [1.54, 1.807) is 0 Å². The first-order valence-corrected chi connectivity index (χ1v) is 40.3. The minimum Gasteiger partial charge on any atom is -0.311 e. The van der Waals surface area contributed by atoms with E-state index in [1.165, 1.54) is 186 Å². The number of hydrogen-bond acceptors (Lipinski definition) is 1. The van der Waals surface area contributed by atoms with Gasteiger partial charge >= 0.3 is 0 Å². The summed E-state index contributed by atoms with van der Waals surface area (Å²) in [6.07, 6.45) is 0. The fourth-order valence-electron chi connectivity index (χ4n) is 17.6. The second-order valence-corrected chi connectivity index (χ2v) is 30.1. The lowest BCUT2D eigenvalue weighted by molar-refractivity contribution is 1.28. The standard InChI is InChI=1S/C44H28.C36H27N.C36H24/c1-3-15-29(16-4-1)40-27-31(28-41-34-21-8-7-19-32(34)33-20-9-10-22-35(33)44(40)41)43-38-25-13-11-23-36(38)42(30-17-5-2-6-18-30)37-24-12-14-26-39(37)43;1-4-10-28(11-5-1)31-16-22-34(23-17-31)37(35-24-18-32(19-25-35)29-12-6-2-7-13-29)36-26-20-33(21-27-36)30-14-8-3-9-15-30;1-2-8-25(9-3-1)26-14-16-27(17-15-26)28-18-20-29(21-19-28)30-22-23-35-33-12-5-4-10-31(33)32-11-6-7-13-34(32)36(35)24-30/h1-28H;1-27H;1-24H. The minimum absolute atomic E-state index is 1.12. The highest BCUT2D eigenvalue weighted by atomic mass is 15.1. The monoisotopic (exact) mass is 1490 g/mol. The van der Waals surface area contributed by atoms with E-state index in [9.17, 15) is 0 Å². The van der Waals surface area contributed by atoms with E-state index in [2.05, 4.69) is 484 Å². The van der Waals surface area contributed by atoms with Gasteiger partial charge < -0.3 is 4.90 Å². The largest absolute Gasteiger partial charge is 0.311 e. The van der Waals surface area contributed by atoms with Crippen LogP contribution in [0.2, 0.25) is 0 Å². The van der Waals surface area contributed by atoms with Gasteiger partial charge in [-0.15, -0.1) is 0 Å². The SMILES string of the molecule is c1ccc(-c2c3ccccc3c(-c3cc(-c4ccccc4)c4c5ccccc5c5ccccc5c4c3)c3ccccc23)cc1.c1ccc(-c2ccc(-c3ccc(-c4ccc5c6ccccc6c6ccccc6c5c4)cc3)cc2)cc1.c1ccc(-c2ccc(N(c3ccc(-c4ccccc4)cc3)c3ccc(-c4ccccc4)cc3)cc2)cc1. The zero-order valence-corrected chi connectivity index (χ0v) is 64.6. The van der Waals surface area contributed by atoms with Crippen molar-refractivity contribution in [1.29, 1.82) is 0 Å². The average Bonchev–Trinajstić information content (AvgIpc) is 0.741. The molecule has 0 amide bonds. The lowest BCUT2D eigenvalue weighted by Gasteiger charge is -2.26. The number of anilines is 3. The molecule has 0 heterocycles. The van der Waals surface area contributed by atoms with Gasteiger partial charge in [-0.05, 0) is 241 Å². The molecule has 0 aromatic heterocycles. The average molecular weight is 1490 g/mol. The highest BCUT2D eigenvalue weighted by Crippen LogP contribution is 2.49. The van der Waals surface area contributed by atoms with Crippen LogP contribution >= 0.6 is 0 Å². The number of hydrogen-bond donors (Lipinski definition) is 0.